The van der Waals surface area contributed by atoms with Gasteiger partial charge < -0.3 is 4.57 Å². The first-order valence-corrected chi connectivity index (χ1v) is 7.59. The lowest BCUT2D eigenvalue weighted by atomic mass is 10.4. The molecule has 12 heavy (non-hydrogen) atoms. The summed E-state index contributed by atoms with van der Waals surface area (Å²) in [6, 6.07) is 9.87. The molecule has 2 rings (SSSR count). The van der Waals surface area contributed by atoms with Gasteiger partial charge in [0.15, 0.2) is 6.34 Å². The first-order valence-electron chi connectivity index (χ1n) is 4.10. The summed E-state index contributed by atoms with van der Waals surface area (Å²) in [7, 11) is 0. The summed E-state index contributed by atoms with van der Waals surface area (Å²) in [5.74, 6) is 1.06. The Labute approximate surface area is 76.7 Å². The molecule has 0 saturated carbocycles. The van der Waals surface area contributed by atoms with Gasteiger partial charge in [-0.15, -0.1) is 0 Å². The quantitative estimate of drug-likeness (QED) is 0.645. The maximum Gasteiger partial charge on any atom is 0.167 e. The van der Waals surface area contributed by atoms with Gasteiger partial charge in [-0.1, -0.05) is 41.7 Å². The highest BCUT2D eigenvalue weighted by atomic mass is 32.7. The van der Waals surface area contributed by atoms with E-state index in [9.17, 15) is 4.57 Å². The van der Waals surface area contributed by atoms with E-state index in [0.717, 1.165) is 23.6 Å². The topological polar surface area (TPSA) is 17.1 Å². The highest BCUT2D eigenvalue weighted by Gasteiger charge is 2.29. The Hall–Kier alpha value is -0.200. The van der Waals surface area contributed by atoms with Gasteiger partial charge in [0.2, 0.25) is 0 Å². The van der Waals surface area contributed by atoms with Gasteiger partial charge in [-0.3, -0.25) is 0 Å². The average Bonchev–Trinajstić information content (AvgIpc) is 2.55. The minimum atomic E-state index is -2.01. The molecule has 1 nitrogen and oxygen atoms in total. The maximum atomic E-state index is 12.2. The number of hydrogen-bond acceptors (Lipinski definition) is 2. The Balaban J connectivity index is 2.36. The van der Waals surface area contributed by atoms with Gasteiger partial charge in [0.25, 0.3) is 0 Å². The third-order valence-corrected chi connectivity index (χ3v) is 7.90. The molecule has 0 spiro atoms. The van der Waals surface area contributed by atoms with E-state index in [1.165, 1.54) is 0 Å². The first kappa shape index (κ1) is 8.40. The molecule has 0 aromatic heterocycles. The van der Waals surface area contributed by atoms with Crippen molar-refractivity contribution < 1.29 is 4.57 Å². The predicted molar refractivity (Wildman–Crippen MR) is 55.6 cm³/mol. The third-order valence-electron chi connectivity index (χ3n) is 2.05. The molecule has 1 aromatic rings. The number of hydrogen-bond donors (Lipinski definition) is 0. The fourth-order valence-electron chi connectivity index (χ4n) is 1.41. The molecule has 0 bridgehead atoms. The van der Waals surface area contributed by atoms with Gasteiger partial charge in [0, 0.05) is 17.2 Å². The molecule has 1 heterocycles. The summed E-state index contributed by atoms with van der Waals surface area (Å²) in [6.45, 7) is 0. The van der Waals surface area contributed by atoms with Crippen molar-refractivity contribution in [3.05, 3.63) is 30.3 Å². The van der Waals surface area contributed by atoms with Crippen LogP contribution in [-0.4, -0.2) is 11.9 Å². The Morgan fingerprint density at radius 3 is 2.58 bits per heavy atom. The van der Waals surface area contributed by atoms with Crippen molar-refractivity contribution in [1.29, 1.82) is 0 Å². The van der Waals surface area contributed by atoms with Gasteiger partial charge >= 0.3 is 0 Å². The van der Waals surface area contributed by atoms with Crippen molar-refractivity contribution in [3.8, 4) is 0 Å². The lowest BCUT2D eigenvalue weighted by Crippen LogP contribution is -2.00. The van der Waals surface area contributed by atoms with Crippen LogP contribution in [0.25, 0.3) is 0 Å². The van der Waals surface area contributed by atoms with Crippen LogP contribution in [0, 0.1) is 0 Å². The zero-order valence-electron chi connectivity index (χ0n) is 6.77. The average molecular weight is 198 g/mol. The smallest absolute Gasteiger partial charge is 0.167 e. The van der Waals surface area contributed by atoms with E-state index in [4.69, 9.17) is 0 Å². The summed E-state index contributed by atoms with van der Waals surface area (Å²) in [5.41, 5.74) is 0. The summed E-state index contributed by atoms with van der Waals surface area (Å²) in [4.78, 5) is 0. The second kappa shape index (κ2) is 3.27. The van der Waals surface area contributed by atoms with Gasteiger partial charge in [0.05, 0.1) is 0 Å². The maximum absolute atomic E-state index is 12.2. The van der Waals surface area contributed by atoms with E-state index >= 15 is 0 Å². The van der Waals surface area contributed by atoms with Gasteiger partial charge in [-0.2, -0.15) is 0 Å². The Morgan fingerprint density at radius 2 is 2.00 bits per heavy atom. The summed E-state index contributed by atoms with van der Waals surface area (Å²) >= 11 is 1.65. The van der Waals surface area contributed by atoms with Crippen LogP contribution >= 0.6 is 17.7 Å². The molecule has 1 fully saturated rings. The molecule has 0 N–H and O–H groups in total. The summed E-state index contributed by atoms with van der Waals surface area (Å²) < 4.78 is 12.2. The molecular weight excluding hydrogens is 187 g/mol. The molecule has 0 aliphatic carbocycles. The molecule has 1 saturated heterocycles. The fraction of sp³-hybridized carbons (Fsp3) is 0.333. The molecule has 3 heteroatoms. The molecule has 1 aromatic carbocycles. The minimum absolute atomic E-state index is 0.891. The molecular formula is C9H11OPS. The third kappa shape index (κ3) is 1.46. The van der Waals surface area contributed by atoms with E-state index in [0.29, 0.717) is 0 Å². The van der Waals surface area contributed by atoms with Crippen molar-refractivity contribution in [2.75, 3.05) is 11.9 Å². The SMILES string of the molecule is O=P1(c2ccccc2)CCCS1. The minimum Gasteiger partial charge on any atom is -0.307 e. The second-order valence-corrected chi connectivity index (χ2v) is 8.44. The highest BCUT2D eigenvalue weighted by molar-refractivity contribution is 8.60. The molecule has 64 valence electrons. The number of rotatable bonds is 1. The molecule has 1 aliphatic heterocycles. The normalized spacial score (nSPS) is 29.0. The van der Waals surface area contributed by atoms with Crippen molar-refractivity contribution in [2.24, 2.45) is 0 Å². The Morgan fingerprint density at radius 1 is 1.25 bits per heavy atom. The number of benzene rings is 1. The van der Waals surface area contributed by atoms with Crippen LogP contribution in [0.2, 0.25) is 0 Å². The van der Waals surface area contributed by atoms with Crippen LogP contribution in [0.15, 0.2) is 30.3 Å². The van der Waals surface area contributed by atoms with E-state index in [1.807, 2.05) is 30.3 Å². The van der Waals surface area contributed by atoms with Crippen molar-refractivity contribution in [2.45, 2.75) is 6.42 Å². The van der Waals surface area contributed by atoms with Crippen LogP contribution in [0.5, 0.6) is 0 Å². The molecule has 0 amide bonds. The predicted octanol–water partition coefficient (Wildman–Crippen LogP) is 2.73. The molecule has 1 aliphatic rings. The van der Waals surface area contributed by atoms with Gasteiger partial charge in [-0.05, 0) is 6.42 Å². The van der Waals surface area contributed by atoms with Crippen molar-refractivity contribution >= 4 is 23.0 Å². The van der Waals surface area contributed by atoms with Crippen LogP contribution in [0.4, 0.5) is 0 Å². The van der Waals surface area contributed by atoms with Crippen molar-refractivity contribution in [1.82, 2.24) is 0 Å². The summed E-state index contributed by atoms with van der Waals surface area (Å²) in [5, 5.41) is 1.05. The second-order valence-electron chi connectivity index (χ2n) is 2.92. The van der Waals surface area contributed by atoms with Crippen LogP contribution < -0.4 is 5.30 Å². The standard InChI is InChI=1S/C9H11OPS/c10-11(7-4-8-12-11)9-5-2-1-3-6-9/h1-3,5-6H,4,7-8H2. The van der Waals surface area contributed by atoms with Gasteiger partial charge in [0.1, 0.15) is 0 Å². The molecule has 1 atom stereocenters. The van der Waals surface area contributed by atoms with Crippen LogP contribution in [-0.2, 0) is 4.57 Å². The van der Waals surface area contributed by atoms with E-state index < -0.39 is 6.34 Å². The zero-order chi connectivity index (χ0) is 8.44. The lowest BCUT2D eigenvalue weighted by Gasteiger charge is -2.08. The Kier molecular flexibility index (Phi) is 2.29. The lowest BCUT2D eigenvalue weighted by molar-refractivity contribution is 0.591. The van der Waals surface area contributed by atoms with Gasteiger partial charge in [-0.25, -0.2) is 0 Å². The Bertz CT molecular complexity index is 300. The summed E-state index contributed by atoms with van der Waals surface area (Å²) in [6.07, 6.45) is -0.00719. The zero-order valence-corrected chi connectivity index (χ0v) is 8.48. The molecule has 0 radical (unpaired) electrons. The molecule has 1 unspecified atom stereocenters. The van der Waals surface area contributed by atoms with E-state index in [1.54, 1.807) is 11.4 Å². The highest BCUT2D eigenvalue weighted by Crippen LogP contribution is 2.62. The monoisotopic (exact) mass is 198 g/mol. The van der Waals surface area contributed by atoms with Crippen molar-refractivity contribution in [3.63, 3.8) is 0 Å². The van der Waals surface area contributed by atoms with Crippen LogP contribution in [0.1, 0.15) is 6.42 Å². The van der Waals surface area contributed by atoms with Crippen LogP contribution in [0.3, 0.4) is 0 Å². The van der Waals surface area contributed by atoms with E-state index in [2.05, 4.69) is 0 Å². The fourth-order valence-corrected chi connectivity index (χ4v) is 6.79. The first-order chi connectivity index (χ1) is 5.81. The van der Waals surface area contributed by atoms with E-state index in [-0.39, 0.29) is 0 Å². The largest absolute Gasteiger partial charge is 0.307 e.